The van der Waals surface area contributed by atoms with Crippen molar-refractivity contribution in [3.63, 3.8) is 0 Å². The normalized spacial score (nSPS) is 13.8. The first-order chi connectivity index (χ1) is 16.7. The molecule has 36 heavy (non-hydrogen) atoms. The Morgan fingerprint density at radius 3 is 1.86 bits per heavy atom. The van der Waals surface area contributed by atoms with Crippen LogP contribution in [0.5, 0.6) is 11.5 Å². The molecule has 0 saturated heterocycles. The number of hydrogen-bond donors (Lipinski definition) is 1. The average molecular weight is 508 g/mol. The highest BCUT2D eigenvalue weighted by Crippen LogP contribution is 2.32. The van der Waals surface area contributed by atoms with Gasteiger partial charge in [0.05, 0.1) is 13.0 Å². The molecule has 0 radical (unpaired) electrons. The van der Waals surface area contributed by atoms with Crippen molar-refractivity contribution in [2.75, 3.05) is 7.11 Å². The first kappa shape index (κ1) is 31.1. The van der Waals surface area contributed by atoms with Crippen molar-refractivity contribution in [1.29, 1.82) is 0 Å². The Labute approximate surface area is 214 Å². The molecule has 1 aromatic rings. The maximum absolute atomic E-state index is 12.6. The van der Waals surface area contributed by atoms with Crippen LogP contribution in [0.25, 0.3) is 0 Å². The summed E-state index contributed by atoms with van der Waals surface area (Å²) in [6.45, 7) is 12.6. The summed E-state index contributed by atoms with van der Waals surface area (Å²) >= 11 is 0. The highest BCUT2D eigenvalue weighted by molar-refractivity contribution is 5.81. The van der Waals surface area contributed by atoms with Gasteiger partial charge in [0.15, 0.2) is 11.5 Å². The number of hydrogen-bond acceptors (Lipinski definition) is 9. The standard InChI is InChI=1S/C27H41NO8/c1-16(2)11-23(29)35-21-10-9-20(13-22(21)36-24(30)12-17(3)4)15-27(28,26(32)33-8)14-19(7)34-25(31)18(5)6/h9-10,13,16-19H,11-12,14-15,28H2,1-8H3/t19?,27-/m1/s1. The first-order valence-electron chi connectivity index (χ1n) is 12.3. The Kier molecular flexibility index (Phi) is 12.1. The largest absolute Gasteiger partial charge is 0.468 e. The number of rotatable bonds is 13. The number of carbonyl (C=O) groups is 4. The lowest BCUT2D eigenvalue weighted by Gasteiger charge is -2.29. The van der Waals surface area contributed by atoms with E-state index in [1.165, 1.54) is 19.2 Å². The predicted molar refractivity (Wildman–Crippen MR) is 134 cm³/mol. The fourth-order valence-corrected chi connectivity index (χ4v) is 3.51. The topological polar surface area (TPSA) is 131 Å². The number of benzene rings is 1. The van der Waals surface area contributed by atoms with Gasteiger partial charge < -0.3 is 24.7 Å². The molecule has 0 aliphatic carbocycles. The van der Waals surface area contributed by atoms with Gasteiger partial charge in [-0.2, -0.15) is 0 Å². The lowest BCUT2D eigenvalue weighted by molar-refractivity contribution is -0.157. The van der Waals surface area contributed by atoms with Gasteiger partial charge in [-0.1, -0.05) is 47.6 Å². The van der Waals surface area contributed by atoms with Crippen LogP contribution in [0.1, 0.15) is 73.3 Å². The van der Waals surface area contributed by atoms with Gasteiger partial charge in [-0.25, -0.2) is 0 Å². The number of esters is 4. The number of carbonyl (C=O) groups excluding carboxylic acids is 4. The average Bonchev–Trinajstić information content (AvgIpc) is 2.73. The summed E-state index contributed by atoms with van der Waals surface area (Å²) in [7, 11) is 1.23. The third-order valence-electron chi connectivity index (χ3n) is 5.16. The van der Waals surface area contributed by atoms with Crippen LogP contribution in [0, 0.1) is 17.8 Å². The van der Waals surface area contributed by atoms with Gasteiger partial charge in [-0.05, 0) is 36.5 Å². The van der Waals surface area contributed by atoms with Gasteiger partial charge in [0.1, 0.15) is 11.6 Å². The van der Waals surface area contributed by atoms with E-state index in [2.05, 4.69) is 0 Å². The van der Waals surface area contributed by atoms with Crippen LogP contribution in [-0.2, 0) is 35.1 Å². The number of ether oxygens (including phenoxy) is 4. The van der Waals surface area contributed by atoms with Crippen LogP contribution in [0.2, 0.25) is 0 Å². The smallest absolute Gasteiger partial charge is 0.326 e. The molecule has 0 aliphatic rings. The lowest BCUT2D eigenvalue weighted by Crippen LogP contribution is -2.53. The van der Waals surface area contributed by atoms with Crippen molar-refractivity contribution >= 4 is 23.9 Å². The highest BCUT2D eigenvalue weighted by Gasteiger charge is 2.38. The Bertz CT molecular complexity index is 924. The number of nitrogens with two attached hydrogens (primary N) is 1. The molecule has 0 aliphatic heterocycles. The van der Waals surface area contributed by atoms with Crippen molar-refractivity contribution in [2.24, 2.45) is 23.5 Å². The minimum absolute atomic E-state index is 0.00179. The zero-order chi connectivity index (χ0) is 27.6. The molecule has 1 rings (SSSR count). The van der Waals surface area contributed by atoms with E-state index in [-0.39, 0.29) is 54.9 Å². The van der Waals surface area contributed by atoms with E-state index < -0.39 is 35.5 Å². The maximum atomic E-state index is 12.6. The third kappa shape index (κ3) is 10.4. The van der Waals surface area contributed by atoms with Gasteiger partial charge in [0, 0.05) is 25.7 Å². The monoisotopic (exact) mass is 507 g/mol. The summed E-state index contributed by atoms with van der Waals surface area (Å²) in [4.78, 5) is 49.3. The molecule has 9 nitrogen and oxygen atoms in total. The van der Waals surface area contributed by atoms with Gasteiger partial charge >= 0.3 is 23.9 Å². The molecule has 0 bridgehead atoms. The van der Waals surface area contributed by atoms with E-state index in [4.69, 9.17) is 24.7 Å². The van der Waals surface area contributed by atoms with Crippen LogP contribution in [0.15, 0.2) is 18.2 Å². The molecule has 0 amide bonds. The predicted octanol–water partition coefficient (Wildman–Crippen LogP) is 3.98. The van der Waals surface area contributed by atoms with Crippen LogP contribution in [0.4, 0.5) is 0 Å². The van der Waals surface area contributed by atoms with E-state index in [0.717, 1.165) is 0 Å². The van der Waals surface area contributed by atoms with Crippen LogP contribution < -0.4 is 15.2 Å². The third-order valence-corrected chi connectivity index (χ3v) is 5.16. The highest BCUT2D eigenvalue weighted by atomic mass is 16.6. The molecule has 1 unspecified atom stereocenters. The molecule has 0 aromatic heterocycles. The SMILES string of the molecule is COC(=O)[C@](N)(Cc1ccc(OC(=O)CC(C)C)c(OC(=O)CC(C)C)c1)CC(C)OC(=O)C(C)C. The van der Waals surface area contributed by atoms with E-state index in [1.54, 1.807) is 26.8 Å². The summed E-state index contributed by atoms with van der Waals surface area (Å²) in [6.07, 6.45) is -0.277. The van der Waals surface area contributed by atoms with Gasteiger partial charge in [0.2, 0.25) is 0 Å². The zero-order valence-corrected chi connectivity index (χ0v) is 22.7. The second-order valence-corrected chi connectivity index (χ2v) is 10.4. The molecule has 0 heterocycles. The molecule has 9 heteroatoms. The molecule has 202 valence electrons. The Morgan fingerprint density at radius 1 is 0.861 bits per heavy atom. The van der Waals surface area contributed by atoms with E-state index in [9.17, 15) is 19.2 Å². The Morgan fingerprint density at radius 2 is 1.39 bits per heavy atom. The van der Waals surface area contributed by atoms with Gasteiger partial charge in [-0.15, -0.1) is 0 Å². The fourth-order valence-electron chi connectivity index (χ4n) is 3.51. The summed E-state index contributed by atoms with van der Waals surface area (Å²) in [6, 6.07) is 4.66. The zero-order valence-electron chi connectivity index (χ0n) is 22.7. The quantitative estimate of drug-likeness (QED) is 0.311. The molecule has 2 N–H and O–H groups in total. The van der Waals surface area contributed by atoms with E-state index in [0.29, 0.717) is 5.56 Å². The molecule has 2 atom stereocenters. The Hall–Kier alpha value is -2.94. The van der Waals surface area contributed by atoms with Crippen molar-refractivity contribution in [3.8, 4) is 11.5 Å². The molecule has 0 saturated carbocycles. The second-order valence-electron chi connectivity index (χ2n) is 10.4. The summed E-state index contributed by atoms with van der Waals surface area (Å²) < 4.78 is 21.3. The molecule has 0 spiro atoms. The fraction of sp³-hybridized carbons (Fsp3) is 0.630. The van der Waals surface area contributed by atoms with Crippen molar-refractivity contribution < 1.29 is 38.1 Å². The summed E-state index contributed by atoms with van der Waals surface area (Å²) in [5.74, 6) is -2.03. The molecule has 1 aromatic carbocycles. The minimum atomic E-state index is -1.53. The van der Waals surface area contributed by atoms with Crippen molar-refractivity contribution in [1.82, 2.24) is 0 Å². The summed E-state index contributed by atoms with van der Waals surface area (Å²) in [5, 5.41) is 0. The Balaban J connectivity index is 3.27. The maximum Gasteiger partial charge on any atom is 0.326 e. The number of methoxy groups -OCH3 is 1. The van der Waals surface area contributed by atoms with E-state index >= 15 is 0 Å². The first-order valence-corrected chi connectivity index (χ1v) is 12.3. The molecule has 0 fully saturated rings. The van der Waals surface area contributed by atoms with Crippen LogP contribution in [0.3, 0.4) is 0 Å². The van der Waals surface area contributed by atoms with E-state index in [1.807, 2.05) is 27.7 Å². The van der Waals surface area contributed by atoms with Crippen LogP contribution in [-0.4, -0.2) is 42.6 Å². The lowest BCUT2D eigenvalue weighted by atomic mass is 9.86. The van der Waals surface area contributed by atoms with Crippen LogP contribution >= 0.6 is 0 Å². The summed E-state index contributed by atoms with van der Waals surface area (Å²) in [5.41, 5.74) is 5.48. The van der Waals surface area contributed by atoms with Crippen molar-refractivity contribution in [3.05, 3.63) is 23.8 Å². The van der Waals surface area contributed by atoms with Crippen molar-refractivity contribution in [2.45, 2.75) is 85.8 Å². The molecular formula is C27H41NO8. The van der Waals surface area contributed by atoms with Gasteiger partial charge in [0.25, 0.3) is 0 Å². The molecular weight excluding hydrogens is 466 g/mol. The van der Waals surface area contributed by atoms with Gasteiger partial charge in [-0.3, -0.25) is 19.2 Å². The minimum Gasteiger partial charge on any atom is -0.468 e. The second kappa shape index (κ2) is 14.0.